The van der Waals surface area contributed by atoms with Crippen molar-refractivity contribution in [3.05, 3.63) is 0 Å². The SMILES string of the molecule is CCC(CN1CCC(=O)CC1)C(=O)O. The van der Waals surface area contributed by atoms with Gasteiger partial charge < -0.3 is 10.0 Å². The lowest BCUT2D eigenvalue weighted by molar-refractivity contribution is -0.142. The summed E-state index contributed by atoms with van der Waals surface area (Å²) in [6, 6.07) is 0. The molecule has 1 atom stereocenters. The van der Waals surface area contributed by atoms with Crippen molar-refractivity contribution >= 4 is 11.8 Å². The van der Waals surface area contributed by atoms with Crippen LogP contribution < -0.4 is 0 Å². The lowest BCUT2D eigenvalue weighted by Gasteiger charge is -2.27. The van der Waals surface area contributed by atoms with E-state index in [9.17, 15) is 9.59 Å². The molecule has 1 aliphatic rings. The lowest BCUT2D eigenvalue weighted by Crippen LogP contribution is -2.39. The van der Waals surface area contributed by atoms with Crippen molar-refractivity contribution in [2.45, 2.75) is 26.2 Å². The van der Waals surface area contributed by atoms with Gasteiger partial charge >= 0.3 is 5.97 Å². The summed E-state index contributed by atoms with van der Waals surface area (Å²) in [5.41, 5.74) is 0. The molecule has 1 fully saturated rings. The summed E-state index contributed by atoms with van der Waals surface area (Å²) in [5, 5.41) is 8.86. The molecule has 1 saturated heterocycles. The molecule has 0 spiro atoms. The first-order valence-electron chi connectivity index (χ1n) is 5.10. The van der Waals surface area contributed by atoms with Gasteiger partial charge in [-0.15, -0.1) is 0 Å². The normalized spacial score (nSPS) is 20.8. The van der Waals surface area contributed by atoms with Gasteiger partial charge in [0.2, 0.25) is 0 Å². The number of likely N-dealkylation sites (tertiary alicyclic amines) is 1. The minimum Gasteiger partial charge on any atom is -0.481 e. The van der Waals surface area contributed by atoms with E-state index in [4.69, 9.17) is 5.11 Å². The summed E-state index contributed by atoms with van der Waals surface area (Å²) in [7, 11) is 0. The summed E-state index contributed by atoms with van der Waals surface area (Å²) >= 11 is 0. The standard InChI is InChI=1S/C10H17NO3/c1-2-8(10(13)14)7-11-5-3-9(12)4-6-11/h8H,2-7H2,1H3,(H,13,14). The Kier molecular flexibility index (Phi) is 4.07. The van der Waals surface area contributed by atoms with Crippen LogP contribution in [-0.4, -0.2) is 41.4 Å². The largest absolute Gasteiger partial charge is 0.481 e. The molecule has 1 aliphatic heterocycles. The second-order valence-electron chi connectivity index (χ2n) is 3.78. The van der Waals surface area contributed by atoms with Crippen molar-refractivity contribution < 1.29 is 14.7 Å². The fourth-order valence-corrected chi connectivity index (χ4v) is 1.68. The monoisotopic (exact) mass is 199 g/mol. The Bertz CT molecular complexity index is 217. The lowest BCUT2D eigenvalue weighted by atomic mass is 10.0. The van der Waals surface area contributed by atoms with Gasteiger partial charge in [-0.3, -0.25) is 9.59 Å². The summed E-state index contributed by atoms with van der Waals surface area (Å²) in [6.07, 6.45) is 1.81. The van der Waals surface area contributed by atoms with Gasteiger partial charge in [0.1, 0.15) is 5.78 Å². The average molecular weight is 199 g/mol. The molecule has 0 radical (unpaired) electrons. The predicted octanol–water partition coefficient (Wildman–Crippen LogP) is 0.762. The van der Waals surface area contributed by atoms with Crippen LogP contribution in [0.1, 0.15) is 26.2 Å². The van der Waals surface area contributed by atoms with Crippen LogP contribution in [0.4, 0.5) is 0 Å². The zero-order chi connectivity index (χ0) is 10.6. The Hall–Kier alpha value is -0.900. The fraction of sp³-hybridized carbons (Fsp3) is 0.800. The molecule has 4 heteroatoms. The van der Waals surface area contributed by atoms with Crippen molar-refractivity contribution in [1.29, 1.82) is 0 Å². The van der Waals surface area contributed by atoms with E-state index in [0.29, 0.717) is 31.6 Å². The van der Waals surface area contributed by atoms with Crippen molar-refractivity contribution in [3.63, 3.8) is 0 Å². The van der Waals surface area contributed by atoms with Gasteiger partial charge in [-0.2, -0.15) is 0 Å². The maximum atomic E-state index is 11.0. The zero-order valence-corrected chi connectivity index (χ0v) is 8.53. The van der Waals surface area contributed by atoms with E-state index in [2.05, 4.69) is 4.90 Å². The van der Waals surface area contributed by atoms with Gasteiger partial charge in [0.05, 0.1) is 5.92 Å². The van der Waals surface area contributed by atoms with E-state index in [-0.39, 0.29) is 5.92 Å². The molecule has 0 bridgehead atoms. The summed E-state index contributed by atoms with van der Waals surface area (Å²) in [5.74, 6) is -0.725. The number of hydrogen-bond acceptors (Lipinski definition) is 3. The van der Waals surface area contributed by atoms with Crippen LogP contribution in [0.2, 0.25) is 0 Å². The summed E-state index contributed by atoms with van der Waals surface area (Å²) in [4.78, 5) is 23.8. The first-order valence-corrected chi connectivity index (χ1v) is 5.10. The third kappa shape index (κ3) is 3.10. The van der Waals surface area contributed by atoms with Gasteiger partial charge in [0.15, 0.2) is 0 Å². The molecule has 4 nitrogen and oxygen atoms in total. The zero-order valence-electron chi connectivity index (χ0n) is 8.53. The highest BCUT2D eigenvalue weighted by molar-refractivity contribution is 5.79. The minimum atomic E-state index is -0.732. The smallest absolute Gasteiger partial charge is 0.307 e. The van der Waals surface area contributed by atoms with E-state index in [1.54, 1.807) is 0 Å². The molecule has 1 N–H and O–H groups in total. The molecular formula is C10H17NO3. The van der Waals surface area contributed by atoms with Crippen LogP contribution in [0.15, 0.2) is 0 Å². The van der Waals surface area contributed by atoms with Crippen molar-refractivity contribution in [2.24, 2.45) is 5.92 Å². The molecule has 1 heterocycles. The molecule has 14 heavy (non-hydrogen) atoms. The number of carboxylic acid groups (broad SMARTS) is 1. The van der Waals surface area contributed by atoms with Crippen LogP contribution in [0, 0.1) is 5.92 Å². The van der Waals surface area contributed by atoms with Gasteiger partial charge in [-0.25, -0.2) is 0 Å². The van der Waals surface area contributed by atoms with Gasteiger partial charge in [-0.05, 0) is 6.42 Å². The molecule has 0 aliphatic carbocycles. The van der Waals surface area contributed by atoms with Crippen LogP contribution in [-0.2, 0) is 9.59 Å². The first-order chi connectivity index (χ1) is 6.63. The Labute approximate surface area is 83.9 Å². The van der Waals surface area contributed by atoms with Gasteiger partial charge in [0, 0.05) is 32.5 Å². The van der Waals surface area contributed by atoms with Crippen LogP contribution >= 0.6 is 0 Å². The molecule has 0 aromatic heterocycles. The second-order valence-corrected chi connectivity index (χ2v) is 3.78. The molecule has 0 amide bonds. The number of carbonyl (C=O) groups excluding carboxylic acids is 1. The fourth-order valence-electron chi connectivity index (χ4n) is 1.68. The van der Waals surface area contributed by atoms with Gasteiger partial charge in [0.25, 0.3) is 0 Å². The third-order valence-electron chi connectivity index (χ3n) is 2.73. The number of Topliss-reactive ketones (excluding diaryl/α,β-unsaturated/α-hetero) is 1. The molecule has 1 unspecified atom stereocenters. The number of ketones is 1. The maximum absolute atomic E-state index is 11.0. The number of carbonyl (C=O) groups is 2. The van der Waals surface area contributed by atoms with E-state index in [0.717, 1.165) is 13.1 Å². The van der Waals surface area contributed by atoms with Crippen LogP contribution in [0.3, 0.4) is 0 Å². The minimum absolute atomic E-state index is 0.289. The highest BCUT2D eigenvalue weighted by Gasteiger charge is 2.22. The molecule has 80 valence electrons. The molecule has 1 rings (SSSR count). The molecule has 0 saturated carbocycles. The quantitative estimate of drug-likeness (QED) is 0.726. The number of carboxylic acids is 1. The molecule has 0 aromatic rings. The topological polar surface area (TPSA) is 57.6 Å². The number of piperidine rings is 1. The average Bonchev–Trinajstić information content (AvgIpc) is 2.16. The Morgan fingerprint density at radius 1 is 1.50 bits per heavy atom. The molecular weight excluding hydrogens is 182 g/mol. The van der Waals surface area contributed by atoms with E-state index < -0.39 is 5.97 Å². The Morgan fingerprint density at radius 2 is 2.07 bits per heavy atom. The third-order valence-corrected chi connectivity index (χ3v) is 2.73. The maximum Gasteiger partial charge on any atom is 0.307 e. The number of aliphatic carboxylic acids is 1. The highest BCUT2D eigenvalue weighted by atomic mass is 16.4. The van der Waals surface area contributed by atoms with E-state index in [1.807, 2.05) is 6.92 Å². The van der Waals surface area contributed by atoms with Crippen molar-refractivity contribution in [3.8, 4) is 0 Å². The predicted molar refractivity (Wildman–Crippen MR) is 52.1 cm³/mol. The van der Waals surface area contributed by atoms with Crippen molar-refractivity contribution in [1.82, 2.24) is 4.90 Å². The number of hydrogen-bond donors (Lipinski definition) is 1. The molecule has 0 aromatic carbocycles. The number of rotatable bonds is 4. The summed E-state index contributed by atoms with van der Waals surface area (Å²) < 4.78 is 0. The van der Waals surface area contributed by atoms with E-state index >= 15 is 0 Å². The Balaban J connectivity index is 2.36. The van der Waals surface area contributed by atoms with Gasteiger partial charge in [-0.1, -0.05) is 6.92 Å². The van der Waals surface area contributed by atoms with Crippen LogP contribution in [0.5, 0.6) is 0 Å². The van der Waals surface area contributed by atoms with Crippen LogP contribution in [0.25, 0.3) is 0 Å². The Morgan fingerprint density at radius 3 is 2.50 bits per heavy atom. The highest BCUT2D eigenvalue weighted by Crippen LogP contribution is 2.11. The number of nitrogens with zero attached hydrogens (tertiary/aromatic N) is 1. The summed E-state index contributed by atoms with van der Waals surface area (Å²) in [6.45, 7) is 3.91. The van der Waals surface area contributed by atoms with E-state index in [1.165, 1.54) is 0 Å². The van der Waals surface area contributed by atoms with Crippen molar-refractivity contribution in [2.75, 3.05) is 19.6 Å². The first kappa shape index (κ1) is 11.2. The second kappa shape index (κ2) is 5.10.